The van der Waals surface area contributed by atoms with E-state index < -0.39 is 0 Å². The predicted octanol–water partition coefficient (Wildman–Crippen LogP) is 4.58. The largest absolute Gasteiger partial charge is 0.493 e. The van der Waals surface area contributed by atoms with Crippen molar-refractivity contribution in [1.82, 2.24) is 4.90 Å². The minimum absolute atomic E-state index is 0.568. The number of aryl methyl sites for hydroxylation is 1. The summed E-state index contributed by atoms with van der Waals surface area (Å²) in [6, 6.07) is 7.15. The van der Waals surface area contributed by atoms with Gasteiger partial charge in [0.15, 0.2) is 0 Å². The standard InChI is InChI=1S/C18H29NO/c1-4-12-19(13-5-2)16-11-10-15-8-7-9-17(18(15)16)20-14-6-3/h7-9,16H,4-6,10-14H2,1-3H3/t16-/m1/s1. The minimum Gasteiger partial charge on any atom is -0.493 e. The summed E-state index contributed by atoms with van der Waals surface area (Å²) in [7, 11) is 0. The Morgan fingerprint density at radius 3 is 2.50 bits per heavy atom. The predicted molar refractivity (Wildman–Crippen MR) is 85.4 cm³/mol. The molecule has 1 aromatic rings. The third-order valence-corrected chi connectivity index (χ3v) is 4.10. The molecular formula is C18H29NO. The fourth-order valence-corrected chi connectivity index (χ4v) is 3.32. The Labute approximate surface area is 124 Å². The molecule has 1 aromatic carbocycles. The molecule has 2 nitrogen and oxygen atoms in total. The first-order chi connectivity index (χ1) is 9.81. The van der Waals surface area contributed by atoms with E-state index in [1.54, 1.807) is 0 Å². The Morgan fingerprint density at radius 2 is 1.85 bits per heavy atom. The molecular weight excluding hydrogens is 246 g/mol. The molecule has 1 aliphatic carbocycles. The van der Waals surface area contributed by atoms with Gasteiger partial charge in [-0.2, -0.15) is 0 Å². The summed E-state index contributed by atoms with van der Waals surface area (Å²) in [6.45, 7) is 9.93. The van der Waals surface area contributed by atoms with Gasteiger partial charge in [-0.15, -0.1) is 0 Å². The Morgan fingerprint density at radius 1 is 1.10 bits per heavy atom. The van der Waals surface area contributed by atoms with Crippen molar-refractivity contribution >= 4 is 0 Å². The van der Waals surface area contributed by atoms with Crippen LogP contribution in [0.5, 0.6) is 5.75 Å². The molecule has 0 amide bonds. The molecule has 0 aromatic heterocycles. The maximum atomic E-state index is 6.01. The number of fused-ring (bicyclic) bond motifs is 1. The monoisotopic (exact) mass is 275 g/mol. The number of hydrogen-bond donors (Lipinski definition) is 0. The van der Waals surface area contributed by atoms with Crippen LogP contribution in [0.4, 0.5) is 0 Å². The van der Waals surface area contributed by atoms with Crippen LogP contribution >= 0.6 is 0 Å². The van der Waals surface area contributed by atoms with Crippen molar-refractivity contribution in [2.24, 2.45) is 0 Å². The summed E-state index contributed by atoms with van der Waals surface area (Å²) in [6.07, 6.45) is 5.98. The van der Waals surface area contributed by atoms with E-state index >= 15 is 0 Å². The summed E-state index contributed by atoms with van der Waals surface area (Å²) in [5, 5.41) is 0. The smallest absolute Gasteiger partial charge is 0.124 e. The molecule has 0 saturated heterocycles. The summed E-state index contributed by atoms with van der Waals surface area (Å²) in [5.74, 6) is 1.13. The Kier molecular flexibility index (Phi) is 5.90. The number of ether oxygens (including phenoxy) is 1. The van der Waals surface area contributed by atoms with Crippen LogP contribution in [0.2, 0.25) is 0 Å². The van der Waals surface area contributed by atoms with Crippen molar-refractivity contribution in [3.8, 4) is 5.75 Å². The zero-order chi connectivity index (χ0) is 14.4. The molecule has 0 N–H and O–H groups in total. The summed E-state index contributed by atoms with van der Waals surface area (Å²) < 4.78 is 6.01. The molecule has 112 valence electrons. The highest BCUT2D eigenvalue weighted by atomic mass is 16.5. The van der Waals surface area contributed by atoms with Crippen LogP contribution in [0.3, 0.4) is 0 Å². The lowest BCUT2D eigenvalue weighted by Gasteiger charge is -2.30. The van der Waals surface area contributed by atoms with Crippen molar-refractivity contribution in [1.29, 1.82) is 0 Å². The molecule has 0 spiro atoms. The molecule has 20 heavy (non-hydrogen) atoms. The van der Waals surface area contributed by atoms with E-state index in [2.05, 4.69) is 43.9 Å². The molecule has 0 unspecified atom stereocenters. The third-order valence-electron chi connectivity index (χ3n) is 4.10. The average molecular weight is 275 g/mol. The normalized spacial score (nSPS) is 17.5. The first kappa shape index (κ1) is 15.4. The van der Waals surface area contributed by atoms with E-state index in [-0.39, 0.29) is 0 Å². The number of benzene rings is 1. The molecule has 1 aliphatic rings. The molecule has 0 bridgehead atoms. The number of nitrogens with zero attached hydrogens (tertiary/aromatic N) is 1. The highest BCUT2D eigenvalue weighted by Crippen LogP contribution is 2.41. The van der Waals surface area contributed by atoms with Gasteiger partial charge >= 0.3 is 0 Å². The lowest BCUT2D eigenvalue weighted by molar-refractivity contribution is 0.192. The second-order valence-corrected chi connectivity index (χ2v) is 5.77. The van der Waals surface area contributed by atoms with Gasteiger partial charge in [-0.3, -0.25) is 4.90 Å². The van der Waals surface area contributed by atoms with Gasteiger partial charge in [0, 0.05) is 11.6 Å². The van der Waals surface area contributed by atoms with Gasteiger partial charge in [0.05, 0.1) is 6.61 Å². The van der Waals surface area contributed by atoms with Gasteiger partial charge in [-0.05, 0) is 56.8 Å². The van der Waals surface area contributed by atoms with Crippen LogP contribution in [0.25, 0.3) is 0 Å². The second kappa shape index (κ2) is 7.68. The molecule has 1 atom stereocenters. The molecule has 2 rings (SSSR count). The quantitative estimate of drug-likeness (QED) is 0.688. The molecule has 0 fully saturated rings. The van der Waals surface area contributed by atoms with Crippen LogP contribution in [0.15, 0.2) is 18.2 Å². The zero-order valence-electron chi connectivity index (χ0n) is 13.3. The molecule has 0 heterocycles. The van der Waals surface area contributed by atoms with Crippen molar-refractivity contribution < 1.29 is 4.74 Å². The first-order valence-electron chi connectivity index (χ1n) is 8.30. The first-order valence-corrected chi connectivity index (χ1v) is 8.30. The number of rotatable bonds is 8. The second-order valence-electron chi connectivity index (χ2n) is 5.77. The zero-order valence-corrected chi connectivity index (χ0v) is 13.3. The van der Waals surface area contributed by atoms with Gasteiger partial charge in [0.2, 0.25) is 0 Å². The maximum absolute atomic E-state index is 6.01. The van der Waals surface area contributed by atoms with E-state index in [4.69, 9.17) is 4.74 Å². The van der Waals surface area contributed by atoms with Crippen LogP contribution < -0.4 is 4.74 Å². The Balaban J connectivity index is 2.24. The van der Waals surface area contributed by atoms with E-state index in [0.717, 1.165) is 18.8 Å². The van der Waals surface area contributed by atoms with Gasteiger partial charge in [0.25, 0.3) is 0 Å². The maximum Gasteiger partial charge on any atom is 0.124 e. The van der Waals surface area contributed by atoms with Crippen molar-refractivity contribution in [3.05, 3.63) is 29.3 Å². The van der Waals surface area contributed by atoms with E-state index in [1.165, 1.54) is 49.9 Å². The molecule has 0 radical (unpaired) electrons. The van der Waals surface area contributed by atoms with Crippen molar-refractivity contribution in [2.75, 3.05) is 19.7 Å². The topological polar surface area (TPSA) is 12.5 Å². The van der Waals surface area contributed by atoms with Gasteiger partial charge in [0.1, 0.15) is 5.75 Å². The fourth-order valence-electron chi connectivity index (χ4n) is 3.32. The summed E-state index contributed by atoms with van der Waals surface area (Å²) >= 11 is 0. The van der Waals surface area contributed by atoms with Gasteiger partial charge in [-0.25, -0.2) is 0 Å². The van der Waals surface area contributed by atoms with E-state index in [9.17, 15) is 0 Å². The highest BCUT2D eigenvalue weighted by molar-refractivity contribution is 5.45. The van der Waals surface area contributed by atoms with Crippen LogP contribution in [-0.2, 0) is 6.42 Å². The van der Waals surface area contributed by atoms with Crippen LogP contribution in [0.1, 0.15) is 63.6 Å². The Hall–Kier alpha value is -1.02. The SMILES string of the molecule is CCCOc1cccc2c1[C@H](N(CCC)CCC)CC2. The molecule has 0 saturated carbocycles. The van der Waals surface area contributed by atoms with Crippen LogP contribution in [-0.4, -0.2) is 24.6 Å². The van der Waals surface area contributed by atoms with Crippen molar-refractivity contribution in [2.45, 2.75) is 58.9 Å². The third kappa shape index (κ3) is 3.35. The summed E-state index contributed by atoms with van der Waals surface area (Å²) in [4.78, 5) is 2.66. The van der Waals surface area contributed by atoms with E-state index in [0.29, 0.717) is 6.04 Å². The van der Waals surface area contributed by atoms with Crippen LogP contribution in [0, 0.1) is 0 Å². The molecule has 0 aliphatic heterocycles. The Bertz CT molecular complexity index is 410. The average Bonchev–Trinajstić information content (AvgIpc) is 2.89. The van der Waals surface area contributed by atoms with Gasteiger partial charge < -0.3 is 4.74 Å². The number of hydrogen-bond acceptors (Lipinski definition) is 2. The lowest BCUT2D eigenvalue weighted by Crippen LogP contribution is -2.29. The highest BCUT2D eigenvalue weighted by Gasteiger charge is 2.30. The lowest BCUT2D eigenvalue weighted by atomic mass is 10.0. The minimum atomic E-state index is 0.568. The van der Waals surface area contributed by atoms with E-state index in [1.807, 2.05) is 0 Å². The fraction of sp³-hybridized carbons (Fsp3) is 0.667. The van der Waals surface area contributed by atoms with Crippen molar-refractivity contribution in [3.63, 3.8) is 0 Å². The molecule has 2 heteroatoms. The summed E-state index contributed by atoms with van der Waals surface area (Å²) in [5.41, 5.74) is 2.98. The van der Waals surface area contributed by atoms with Gasteiger partial charge in [-0.1, -0.05) is 32.9 Å².